The van der Waals surface area contributed by atoms with E-state index >= 15 is 0 Å². The zero-order valence-electron chi connectivity index (χ0n) is 13.5. The van der Waals surface area contributed by atoms with Crippen LogP contribution in [0.25, 0.3) is 0 Å². The SMILES string of the molecule is CCSc1ccccc1C(=O)OCC(=O)Nc1ccc(C)cc1Cl. The first-order valence-corrected chi connectivity index (χ1v) is 8.82. The number of aryl methyl sites for hydroxylation is 1. The van der Waals surface area contributed by atoms with Crippen molar-refractivity contribution in [3.8, 4) is 0 Å². The summed E-state index contributed by atoms with van der Waals surface area (Å²) in [6, 6.07) is 12.5. The molecule has 4 nitrogen and oxygen atoms in total. The van der Waals surface area contributed by atoms with E-state index in [-0.39, 0.29) is 6.61 Å². The van der Waals surface area contributed by atoms with E-state index in [1.807, 2.05) is 32.0 Å². The third-order valence-corrected chi connectivity index (χ3v) is 4.41. The highest BCUT2D eigenvalue weighted by molar-refractivity contribution is 7.99. The number of benzene rings is 2. The largest absolute Gasteiger partial charge is 0.452 e. The summed E-state index contributed by atoms with van der Waals surface area (Å²) in [6.45, 7) is 3.55. The van der Waals surface area contributed by atoms with E-state index in [0.717, 1.165) is 16.2 Å². The number of ether oxygens (including phenoxy) is 1. The molecule has 2 aromatic carbocycles. The molecule has 0 saturated carbocycles. The Morgan fingerprint density at radius 2 is 1.96 bits per heavy atom. The number of nitrogens with one attached hydrogen (secondary N) is 1. The van der Waals surface area contributed by atoms with Crippen molar-refractivity contribution >= 4 is 40.9 Å². The Kier molecular flexibility index (Phi) is 6.70. The van der Waals surface area contributed by atoms with Gasteiger partial charge >= 0.3 is 5.97 Å². The number of hydrogen-bond donors (Lipinski definition) is 1. The van der Waals surface area contributed by atoms with Crippen LogP contribution in [0.5, 0.6) is 0 Å². The Labute approximate surface area is 150 Å². The molecule has 2 rings (SSSR count). The lowest BCUT2D eigenvalue weighted by Gasteiger charge is -2.10. The summed E-state index contributed by atoms with van der Waals surface area (Å²) in [5.74, 6) is -0.108. The molecule has 0 saturated heterocycles. The van der Waals surface area contributed by atoms with Gasteiger partial charge < -0.3 is 10.1 Å². The van der Waals surface area contributed by atoms with Crippen LogP contribution in [0.1, 0.15) is 22.8 Å². The molecule has 126 valence electrons. The molecule has 1 amide bonds. The lowest BCUT2D eigenvalue weighted by molar-refractivity contribution is -0.119. The number of esters is 1. The van der Waals surface area contributed by atoms with Gasteiger partial charge in [-0.1, -0.05) is 36.7 Å². The zero-order chi connectivity index (χ0) is 17.5. The number of hydrogen-bond acceptors (Lipinski definition) is 4. The number of anilines is 1. The highest BCUT2D eigenvalue weighted by Crippen LogP contribution is 2.24. The van der Waals surface area contributed by atoms with Gasteiger partial charge in [0.1, 0.15) is 0 Å². The summed E-state index contributed by atoms with van der Waals surface area (Å²) in [5, 5.41) is 3.07. The van der Waals surface area contributed by atoms with Crippen molar-refractivity contribution in [1.29, 1.82) is 0 Å². The maximum atomic E-state index is 12.2. The van der Waals surface area contributed by atoms with Gasteiger partial charge in [0, 0.05) is 4.90 Å². The molecule has 6 heteroatoms. The van der Waals surface area contributed by atoms with Gasteiger partial charge in [-0.2, -0.15) is 0 Å². The summed E-state index contributed by atoms with van der Waals surface area (Å²) >= 11 is 7.61. The summed E-state index contributed by atoms with van der Waals surface area (Å²) in [5.41, 5.74) is 1.95. The summed E-state index contributed by atoms with van der Waals surface area (Å²) in [7, 11) is 0. The van der Waals surface area contributed by atoms with Crippen molar-refractivity contribution < 1.29 is 14.3 Å². The second kappa shape index (κ2) is 8.76. The number of halogens is 1. The van der Waals surface area contributed by atoms with Crippen molar-refractivity contribution in [2.75, 3.05) is 17.7 Å². The lowest BCUT2D eigenvalue weighted by Crippen LogP contribution is -2.21. The van der Waals surface area contributed by atoms with Gasteiger partial charge in [-0.15, -0.1) is 11.8 Å². The number of carbonyl (C=O) groups is 2. The predicted octanol–water partition coefficient (Wildman–Crippen LogP) is 4.56. The Morgan fingerprint density at radius 1 is 1.21 bits per heavy atom. The molecule has 0 bridgehead atoms. The molecule has 0 aliphatic rings. The molecule has 0 spiro atoms. The van der Waals surface area contributed by atoms with E-state index in [0.29, 0.717) is 16.3 Å². The minimum atomic E-state index is -0.517. The Hall–Kier alpha value is -1.98. The maximum Gasteiger partial charge on any atom is 0.339 e. The molecule has 2 aromatic rings. The summed E-state index contributed by atoms with van der Waals surface area (Å²) < 4.78 is 5.11. The van der Waals surface area contributed by atoms with Crippen molar-refractivity contribution in [1.82, 2.24) is 0 Å². The van der Waals surface area contributed by atoms with E-state index in [2.05, 4.69) is 5.32 Å². The number of carbonyl (C=O) groups excluding carboxylic acids is 2. The average Bonchev–Trinajstić information content (AvgIpc) is 2.56. The van der Waals surface area contributed by atoms with Crippen LogP contribution in [0.3, 0.4) is 0 Å². The van der Waals surface area contributed by atoms with E-state index in [1.165, 1.54) is 0 Å². The molecule has 0 aliphatic carbocycles. The van der Waals surface area contributed by atoms with Crippen LogP contribution in [-0.2, 0) is 9.53 Å². The van der Waals surface area contributed by atoms with Crippen molar-refractivity contribution in [3.05, 3.63) is 58.6 Å². The topological polar surface area (TPSA) is 55.4 Å². The zero-order valence-corrected chi connectivity index (χ0v) is 15.0. The van der Waals surface area contributed by atoms with Gasteiger partial charge in [-0.05, 0) is 42.5 Å². The first-order valence-electron chi connectivity index (χ1n) is 7.46. The van der Waals surface area contributed by atoms with Crippen molar-refractivity contribution in [2.24, 2.45) is 0 Å². The summed E-state index contributed by atoms with van der Waals surface area (Å²) in [6.07, 6.45) is 0. The third kappa shape index (κ3) is 5.01. The number of amides is 1. The van der Waals surface area contributed by atoms with Gasteiger partial charge in [-0.3, -0.25) is 4.79 Å². The molecule has 0 atom stereocenters. The highest BCUT2D eigenvalue weighted by atomic mass is 35.5. The van der Waals surface area contributed by atoms with Crippen LogP contribution in [0, 0.1) is 6.92 Å². The van der Waals surface area contributed by atoms with Gasteiger partial charge in [-0.25, -0.2) is 4.79 Å². The van der Waals surface area contributed by atoms with E-state index < -0.39 is 11.9 Å². The Bertz CT molecular complexity index is 749. The first kappa shape index (κ1) is 18.4. The maximum absolute atomic E-state index is 12.2. The molecular weight excluding hydrogens is 346 g/mol. The molecule has 0 heterocycles. The smallest absolute Gasteiger partial charge is 0.339 e. The van der Waals surface area contributed by atoms with E-state index in [1.54, 1.807) is 36.0 Å². The average molecular weight is 364 g/mol. The molecule has 0 unspecified atom stereocenters. The fraction of sp³-hybridized carbons (Fsp3) is 0.222. The van der Waals surface area contributed by atoms with Crippen molar-refractivity contribution in [2.45, 2.75) is 18.7 Å². The summed E-state index contributed by atoms with van der Waals surface area (Å²) in [4.78, 5) is 25.0. The number of thioether (sulfide) groups is 1. The standard InChI is InChI=1S/C18H18ClNO3S/c1-3-24-16-7-5-4-6-13(16)18(22)23-11-17(21)20-15-9-8-12(2)10-14(15)19/h4-10H,3,11H2,1-2H3,(H,20,21). The molecule has 0 aromatic heterocycles. The predicted molar refractivity (Wildman–Crippen MR) is 97.9 cm³/mol. The second-order valence-electron chi connectivity index (χ2n) is 5.04. The molecule has 24 heavy (non-hydrogen) atoms. The quantitative estimate of drug-likeness (QED) is 0.604. The van der Waals surface area contributed by atoms with Crippen molar-refractivity contribution in [3.63, 3.8) is 0 Å². The van der Waals surface area contributed by atoms with Crippen LogP contribution < -0.4 is 5.32 Å². The van der Waals surface area contributed by atoms with Crippen LogP contribution in [-0.4, -0.2) is 24.2 Å². The first-order chi connectivity index (χ1) is 11.5. The third-order valence-electron chi connectivity index (χ3n) is 3.14. The van der Waals surface area contributed by atoms with Gasteiger partial charge in [0.25, 0.3) is 5.91 Å². The molecular formula is C18H18ClNO3S. The lowest BCUT2D eigenvalue weighted by atomic mass is 10.2. The number of rotatable bonds is 6. The minimum Gasteiger partial charge on any atom is -0.452 e. The highest BCUT2D eigenvalue weighted by Gasteiger charge is 2.14. The van der Waals surface area contributed by atoms with Crippen LogP contribution in [0.4, 0.5) is 5.69 Å². The van der Waals surface area contributed by atoms with Gasteiger partial charge in [0.2, 0.25) is 0 Å². The molecule has 1 N–H and O–H groups in total. The van der Waals surface area contributed by atoms with Crippen LogP contribution in [0.2, 0.25) is 5.02 Å². The monoisotopic (exact) mass is 363 g/mol. The molecule has 0 fully saturated rings. The van der Waals surface area contributed by atoms with E-state index in [4.69, 9.17) is 16.3 Å². The van der Waals surface area contributed by atoms with Crippen LogP contribution in [0.15, 0.2) is 47.4 Å². The Balaban J connectivity index is 1.95. The fourth-order valence-electron chi connectivity index (χ4n) is 2.03. The Morgan fingerprint density at radius 3 is 2.67 bits per heavy atom. The van der Waals surface area contributed by atoms with Crippen LogP contribution >= 0.6 is 23.4 Å². The molecule has 0 aliphatic heterocycles. The normalized spacial score (nSPS) is 10.3. The second-order valence-corrected chi connectivity index (χ2v) is 6.75. The van der Waals surface area contributed by atoms with E-state index in [9.17, 15) is 9.59 Å². The fourth-order valence-corrected chi connectivity index (χ4v) is 3.11. The minimum absolute atomic E-state index is 0.367. The van der Waals surface area contributed by atoms with Gasteiger partial charge in [0.05, 0.1) is 16.3 Å². The van der Waals surface area contributed by atoms with Gasteiger partial charge in [0.15, 0.2) is 6.61 Å². The molecule has 0 radical (unpaired) electrons.